The number of rotatable bonds is 5. The van der Waals surface area contributed by atoms with Gasteiger partial charge in [-0.25, -0.2) is 4.79 Å². The summed E-state index contributed by atoms with van der Waals surface area (Å²) in [7, 11) is 1.94. The van der Waals surface area contributed by atoms with Crippen LogP contribution in [0, 0.1) is 0 Å². The molecule has 1 saturated carbocycles. The summed E-state index contributed by atoms with van der Waals surface area (Å²) >= 11 is 0. The lowest BCUT2D eigenvalue weighted by atomic mass is 9.93. The van der Waals surface area contributed by atoms with E-state index in [1.54, 1.807) is 0 Å². The number of nitrogens with zero attached hydrogens (tertiary/aromatic N) is 2. The summed E-state index contributed by atoms with van der Waals surface area (Å²) in [6.45, 7) is 0.358. The van der Waals surface area contributed by atoms with Gasteiger partial charge in [0.05, 0.1) is 12.2 Å². The number of hydrogen-bond donors (Lipinski definition) is 3. The van der Waals surface area contributed by atoms with Gasteiger partial charge in [0.1, 0.15) is 0 Å². The quantitative estimate of drug-likeness (QED) is 0.760. The Morgan fingerprint density at radius 3 is 2.76 bits per heavy atom. The van der Waals surface area contributed by atoms with Crippen molar-refractivity contribution < 1.29 is 9.59 Å². The van der Waals surface area contributed by atoms with Gasteiger partial charge >= 0.3 is 6.03 Å². The molecule has 1 aromatic rings. The van der Waals surface area contributed by atoms with E-state index in [2.05, 4.69) is 21.0 Å². The van der Waals surface area contributed by atoms with E-state index in [0.29, 0.717) is 19.0 Å². The Labute approximate surface area is 148 Å². The van der Waals surface area contributed by atoms with Crippen molar-refractivity contribution in [3.63, 3.8) is 0 Å². The van der Waals surface area contributed by atoms with Crippen molar-refractivity contribution in [1.82, 2.24) is 25.7 Å². The molecule has 3 rings (SSSR count). The second-order valence-electron chi connectivity index (χ2n) is 7.17. The maximum absolute atomic E-state index is 12.1. The van der Waals surface area contributed by atoms with Crippen LogP contribution in [0.2, 0.25) is 0 Å². The van der Waals surface area contributed by atoms with Crippen LogP contribution in [0.5, 0.6) is 0 Å². The minimum Gasteiger partial charge on any atom is -0.353 e. The molecule has 1 atom stereocenters. The zero-order valence-electron chi connectivity index (χ0n) is 15.0. The number of aryl methyl sites for hydroxylation is 1. The first-order valence-corrected chi connectivity index (χ1v) is 9.48. The molecule has 0 saturated heterocycles. The molecule has 0 bridgehead atoms. The van der Waals surface area contributed by atoms with Gasteiger partial charge in [-0.3, -0.25) is 9.48 Å². The van der Waals surface area contributed by atoms with Crippen molar-refractivity contribution in [2.24, 2.45) is 7.05 Å². The molecule has 0 aliphatic heterocycles. The standard InChI is InChI=1S/C18H29N5O2/c1-23-16-9-5-8-15(14(16)12-20-23)22-18(25)19-11-10-17(24)21-13-6-3-2-4-7-13/h12-13,15H,2-11H2,1H3,(H,21,24)(H2,19,22,25)/t15-/m0/s1. The highest BCUT2D eigenvalue weighted by molar-refractivity contribution is 5.78. The van der Waals surface area contributed by atoms with Crippen LogP contribution >= 0.6 is 0 Å². The van der Waals surface area contributed by atoms with E-state index in [-0.39, 0.29) is 18.0 Å². The fourth-order valence-corrected chi connectivity index (χ4v) is 3.90. The number of hydrogen-bond acceptors (Lipinski definition) is 3. The minimum absolute atomic E-state index is 0.00788. The average molecular weight is 347 g/mol. The molecule has 3 amide bonds. The third kappa shape index (κ3) is 4.74. The largest absolute Gasteiger partial charge is 0.353 e. The van der Waals surface area contributed by atoms with Crippen LogP contribution in [-0.4, -0.2) is 34.3 Å². The van der Waals surface area contributed by atoms with Gasteiger partial charge in [0.2, 0.25) is 5.91 Å². The van der Waals surface area contributed by atoms with E-state index in [4.69, 9.17) is 0 Å². The second kappa shape index (κ2) is 8.36. The van der Waals surface area contributed by atoms with Crippen LogP contribution < -0.4 is 16.0 Å². The normalized spacial score (nSPS) is 20.6. The molecule has 138 valence electrons. The van der Waals surface area contributed by atoms with Gasteiger partial charge in [0.15, 0.2) is 0 Å². The molecule has 1 fully saturated rings. The monoisotopic (exact) mass is 347 g/mol. The maximum atomic E-state index is 12.1. The van der Waals surface area contributed by atoms with Crippen LogP contribution in [0.4, 0.5) is 4.79 Å². The van der Waals surface area contributed by atoms with Crippen LogP contribution in [0.1, 0.15) is 68.7 Å². The van der Waals surface area contributed by atoms with Crippen molar-refractivity contribution in [3.8, 4) is 0 Å². The molecular weight excluding hydrogens is 318 g/mol. The average Bonchev–Trinajstić information content (AvgIpc) is 2.98. The predicted molar refractivity (Wildman–Crippen MR) is 95.1 cm³/mol. The molecule has 2 aliphatic rings. The van der Waals surface area contributed by atoms with Crippen molar-refractivity contribution in [2.45, 2.75) is 69.9 Å². The SMILES string of the molecule is Cn1ncc2c1CCC[C@@H]2NC(=O)NCCC(=O)NC1CCCCC1. The van der Waals surface area contributed by atoms with Gasteiger partial charge in [0, 0.05) is 37.3 Å². The summed E-state index contributed by atoms with van der Waals surface area (Å²) < 4.78 is 1.89. The Balaban J connectivity index is 1.38. The summed E-state index contributed by atoms with van der Waals surface area (Å²) in [4.78, 5) is 24.1. The van der Waals surface area contributed by atoms with Gasteiger partial charge in [-0.1, -0.05) is 19.3 Å². The lowest BCUT2D eigenvalue weighted by Gasteiger charge is -2.24. The van der Waals surface area contributed by atoms with Crippen LogP contribution in [0.25, 0.3) is 0 Å². The Hall–Kier alpha value is -2.05. The summed E-state index contributed by atoms with van der Waals surface area (Å²) in [6.07, 6.45) is 11.0. The van der Waals surface area contributed by atoms with Crippen molar-refractivity contribution in [1.29, 1.82) is 0 Å². The number of carbonyl (C=O) groups is 2. The molecule has 2 aliphatic carbocycles. The number of amides is 3. The van der Waals surface area contributed by atoms with Gasteiger partial charge in [-0.2, -0.15) is 5.10 Å². The van der Waals surface area contributed by atoms with Crippen molar-refractivity contribution >= 4 is 11.9 Å². The molecule has 25 heavy (non-hydrogen) atoms. The van der Waals surface area contributed by atoms with Gasteiger partial charge in [-0.05, 0) is 32.1 Å². The van der Waals surface area contributed by atoms with E-state index >= 15 is 0 Å². The summed E-state index contributed by atoms with van der Waals surface area (Å²) in [5.74, 6) is 0.0272. The first kappa shape index (κ1) is 17.8. The molecule has 3 N–H and O–H groups in total. The minimum atomic E-state index is -0.216. The molecule has 7 nitrogen and oxygen atoms in total. The van der Waals surface area contributed by atoms with Gasteiger partial charge in [-0.15, -0.1) is 0 Å². The lowest BCUT2D eigenvalue weighted by Crippen LogP contribution is -2.42. The Morgan fingerprint density at radius 2 is 1.96 bits per heavy atom. The molecule has 7 heteroatoms. The van der Waals surface area contributed by atoms with E-state index in [1.165, 1.54) is 25.0 Å². The van der Waals surface area contributed by atoms with Crippen LogP contribution in [0.15, 0.2) is 6.20 Å². The first-order chi connectivity index (χ1) is 12.1. The molecule has 0 spiro atoms. The van der Waals surface area contributed by atoms with Crippen LogP contribution in [-0.2, 0) is 18.3 Å². The van der Waals surface area contributed by atoms with E-state index in [9.17, 15) is 9.59 Å². The Bertz CT molecular complexity index is 607. The molecule has 1 heterocycles. The molecule has 0 aromatic carbocycles. The lowest BCUT2D eigenvalue weighted by molar-refractivity contribution is -0.121. The zero-order valence-corrected chi connectivity index (χ0v) is 15.0. The third-order valence-corrected chi connectivity index (χ3v) is 5.29. The highest BCUT2D eigenvalue weighted by Gasteiger charge is 2.24. The fourth-order valence-electron chi connectivity index (χ4n) is 3.90. The van der Waals surface area contributed by atoms with E-state index < -0.39 is 0 Å². The number of fused-ring (bicyclic) bond motifs is 1. The fraction of sp³-hybridized carbons (Fsp3) is 0.722. The molecule has 0 unspecified atom stereocenters. The summed E-state index contributed by atoms with van der Waals surface area (Å²) in [5.41, 5.74) is 2.31. The van der Waals surface area contributed by atoms with E-state index in [1.807, 2.05) is 17.9 Å². The van der Waals surface area contributed by atoms with Crippen molar-refractivity contribution in [2.75, 3.05) is 6.54 Å². The second-order valence-corrected chi connectivity index (χ2v) is 7.17. The van der Waals surface area contributed by atoms with Crippen LogP contribution in [0.3, 0.4) is 0 Å². The highest BCUT2D eigenvalue weighted by atomic mass is 16.2. The predicted octanol–water partition coefficient (Wildman–Crippen LogP) is 1.94. The first-order valence-electron chi connectivity index (χ1n) is 9.48. The number of urea groups is 1. The molecule has 0 radical (unpaired) electrons. The molecule has 1 aromatic heterocycles. The highest BCUT2D eigenvalue weighted by Crippen LogP contribution is 2.28. The summed E-state index contributed by atoms with van der Waals surface area (Å²) in [5, 5.41) is 13.2. The number of aromatic nitrogens is 2. The molecular formula is C18H29N5O2. The topological polar surface area (TPSA) is 88.1 Å². The number of nitrogens with one attached hydrogen (secondary N) is 3. The van der Waals surface area contributed by atoms with Crippen molar-refractivity contribution in [3.05, 3.63) is 17.5 Å². The summed E-state index contributed by atoms with van der Waals surface area (Å²) in [6, 6.07) is 0.113. The van der Waals surface area contributed by atoms with Gasteiger partial charge < -0.3 is 16.0 Å². The number of carbonyl (C=O) groups excluding carboxylic acids is 2. The maximum Gasteiger partial charge on any atom is 0.315 e. The zero-order chi connectivity index (χ0) is 17.6. The Morgan fingerprint density at radius 1 is 1.16 bits per heavy atom. The van der Waals surface area contributed by atoms with Gasteiger partial charge in [0.25, 0.3) is 0 Å². The smallest absolute Gasteiger partial charge is 0.315 e. The van der Waals surface area contributed by atoms with E-state index in [0.717, 1.165) is 37.7 Å². The third-order valence-electron chi connectivity index (χ3n) is 5.29. The Kier molecular flexibility index (Phi) is 5.94.